The quantitative estimate of drug-likeness (QED) is 0.793. The molecule has 0 aliphatic carbocycles. The molecule has 5 nitrogen and oxygen atoms in total. The Kier molecular flexibility index (Phi) is 3.34. The summed E-state index contributed by atoms with van der Waals surface area (Å²) in [6, 6.07) is 6.10. The van der Waals surface area contributed by atoms with Crippen molar-refractivity contribution in [3.63, 3.8) is 0 Å². The van der Waals surface area contributed by atoms with E-state index in [1.165, 1.54) is 0 Å². The molecule has 17 heavy (non-hydrogen) atoms. The summed E-state index contributed by atoms with van der Waals surface area (Å²) in [5.74, 6) is 0. The number of para-hydroxylation sites is 1. The van der Waals surface area contributed by atoms with E-state index in [1.807, 2.05) is 32.0 Å². The van der Waals surface area contributed by atoms with Crippen molar-refractivity contribution in [3.8, 4) is 0 Å². The molecule has 2 aromatic rings. The first-order valence-electron chi connectivity index (χ1n) is 5.15. The second-order valence-corrected chi connectivity index (χ2v) is 4.11. The topological polar surface area (TPSA) is 54.8 Å². The zero-order valence-corrected chi connectivity index (χ0v) is 10.5. The Morgan fingerprint density at radius 2 is 1.76 bits per heavy atom. The zero-order valence-electron chi connectivity index (χ0n) is 9.64. The Balaban J connectivity index is 2.08. The minimum Gasteiger partial charge on any atom is -0.331 e. The van der Waals surface area contributed by atoms with E-state index in [1.54, 1.807) is 17.3 Å². The predicted octanol–water partition coefficient (Wildman–Crippen LogP) is 1.84. The van der Waals surface area contributed by atoms with Crippen LogP contribution in [0.25, 0.3) is 0 Å². The highest BCUT2D eigenvalue weighted by Crippen LogP contribution is 2.19. The molecule has 2 N–H and O–H groups in total. The molecule has 2 rings (SSSR count). The van der Waals surface area contributed by atoms with Crippen molar-refractivity contribution >= 4 is 23.0 Å². The van der Waals surface area contributed by atoms with Crippen LogP contribution in [0.2, 0.25) is 0 Å². The number of aromatic nitrogens is 3. The number of hydrogen-bond acceptors (Lipinski definition) is 3. The monoisotopic (exact) mass is 247 g/mol. The number of thiocarbonyl (C=S) groups is 1. The van der Waals surface area contributed by atoms with E-state index in [0.29, 0.717) is 5.11 Å². The van der Waals surface area contributed by atoms with Gasteiger partial charge >= 0.3 is 0 Å². The molecule has 0 radical (unpaired) electrons. The molecule has 1 aromatic carbocycles. The molecule has 0 unspecified atom stereocenters. The van der Waals surface area contributed by atoms with E-state index in [-0.39, 0.29) is 0 Å². The molecule has 0 atom stereocenters. The summed E-state index contributed by atoms with van der Waals surface area (Å²) in [5.41, 5.74) is 6.26. The van der Waals surface area contributed by atoms with Crippen LogP contribution in [-0.2, 0) is 0 Å². The van der Waals surface area contributed by atoms with E-state index in [9.17, 15) is 0 Å². The number of aryl methyl sites for hydroxylation is 2. The molecule has 0 amide bonds. The van der Waals surface area contributed by atoms with E-state index >= 15 is 0 Å². The Labute approximate surface area is 105 Å². The molecule has 0 aliphatic heterocycles. The van der Waals surface area contributed by atoms with Crippen LogP contribution in [0, 0.1) is 13.8 Å². The average Bonchev–Trinajstić information content (AvgIpc) is 2.76. The number of benzene rings is 1. The maximum atomic E-state index is 5.20. The lowest BCUT2D eigenvalue weighted by molar-refractivity contribution is 0.974. The van der Waals surface area contributed by atoms with Crippen LogP contribution in [-0.4, -0.2) is 20.0 Å². The van der Waals surface area contributed by atoms with Gasteiger partial charge in [0.15, 0.2) is 5.11 Å². The fourth-order valence-corrected chi connectivity index (χ4v) is 1.74. The van der Waals surface area contributed by atoms with Gasteiger partial charge in [-0.2, -0.15) is 0 Å². The van der Waals surface area contributed by atoms with Gasteiger partial charge in [-0.25, -0.2) is 4.68 Å². The second-order valence-electron chi connectivity index (χ2n) is 3.70. The maximum absolute atomic E-state index is 5.20. The third kappa shape index (κ3) is 2.79. The third-order valence-corrected chi connectivity index (χ3v) is 2.56. The lowest BCUT2D eigenvalue weighted by Gasteiger charge is -2.14. The Morgan fingerprint density at radius 1 is 1.18 bits per heavy atom. The van der Waals surface area contributed by atoms with Crippen LogP contribution in [0.4, 0.5) is 5.69 Å². The molecule has 1 heterocycles. The molecule has 0 saturated carbocycles. The molecule has 0 saturated heterocycles. The van der Waals surface area contributed by atoms with Crippen LogP contribution in [0.15, 0.2) is 30.9 Å². The highest BCUT2D eigenvalue weighted by atomic mass is 32.1. The van der Waals surface area contributed by atoms with E-state index < -0.39 is 0 Å². The summed E-state index contributed by atoms with van der Waals surface area (Å²) in [5, 5.41) is 11.0. The summed E-state index contributed by atoms with van der Waals surface area (Å²) in [7, 11) is 0. The van der Waals surface area contributed by atoms with Gasteiger partial charge in [-0.15, -0.1) is 10.2 Å². The fourth-order valence-electron chi connectivity index (χ4n) is 1.53. The van der Waals surface area contributed by atoms with Gasteiger partial charge in [0.2, 0.25) is 0 Å². The molecular weight excluding hydrogens is 234 g/mol. The van der Waals surface area contributed by atoms with Crippen LogP contribution < -0.4 is 10.7 Å². The standard InChI is InChI=1S/C11H13N5S/c1-8-4-3-5-9(2)10(8)14-11(17)15-16-6-12-13-7-16/h3-7H,1-2H3,(H2,14,15,17). The largest absolute Gasteiger partial charge is 0.331 e. The van der Waals surface area contributed by atoms with Gasteiger partial charge in [-0.1, -0.05) is 18.2 Å². The molecule has 0 aliphatic rings. The SMILES string of the molecule is Cc1cccc(C)c1NC(=S)Nn1cnnc1. The normalized spacial score (nSPS) is 10.0. The van der Waals surface area contributed by atoms with Crippen LogP contribution >= 0.6 is 12.2 Å². The van der Waals surface area contributed by atoms with Crippen molar-refractivity contribution in [2.75, 3.05) is 10.7 Å². The Bertz CT molecular complexity index is 500. The predicted molar refractivity (Wildman–Crippen MR) is 71.5 cm³/mol. The summed E-state index contributed by atoms with van der Waals surface area (Å²) in [4.78, 5) is 0. The number of hydrogen-bond donors (Lipinski definition) is 2. The molecule has 6 heteroatoms. The second kappa shape index (κ2) is 4.92. The number of nitrogens with zero attached hydrogens (tertiary/aromatic N) is 3. The lowest BCUT2D eigenvalue weighted by Crippen LogP contribution is -2.27. The molecule has 0 fully saturated rings. The fraction of sp³-hybridized carbons (Fsp3) is 0.182. The van der Waals surface area contributed by atoms with E-state index in [4.69, 9.17) is 12.2 Å². The zero-order chi connectivity index (χ0) is 12.3. The summed E-state index contributed by atoms with van der Waals surface area (Å²) < 4.78 is 1.59. The van der Waals surface area contributed by atoms with Gasteiger partial charge in [0, 0.05) is 5.69 Å². The van der Waals surface area contributed by atoms with Gasteiger partial charge in [-0.3, -0.25) is 5.43 Å². The first kappa shape index (κ1) is 11.5. The van der Waals surface area contributed by atoms with Crippen LogP contribution in [0.5, 0.6) is 0 Å². The minimum absolute atomic E-state index is 0.502. The first-order chi connectivity index (χ1) is 8.16. The number of nitrogens with one attached hydrogen (secondary N) is 2. The van der Waals surface area contributed by atoms with Gasteiger partial charge in [0.05, 0.1) is 0 Å². The van der Waals surface area contributed by atoms with E-state index in [0.717, 1.165) is 16.8 Å². The van der Waals surface area contributed by atoms with Crippen molar-refractivity contribution in [3.05, 3.63) is 42.0 Å². The van der Waals surface area contributed by atoms with Crippen LogP contribution in [0.1, 0.15) is 11.1 Å². The van der Waals surface area contributed by atoms with Crippen LogP contribution in [0.3, 0.4) is 0 Å². The maximum Gasteiger partial charge on any atom is 0.190 e. The van der Waals surface area contributed by atoms with E-state index in [2.05, 4.69) is 20.9 Å². The average molecular weight is 247 g/mol. The molecule has 0 spiro atoms. The van der Waals surface area contributed by atoms with Gasteiger partial charge < -0.3 is 5.32 Å². The minimum atomic E-state index is 0.502. The summed E-state index contributed by atoms with van der Waals surface area (Å²) in [6.45, 7) is 4.08. The Morgan fingerprint density at radius 3 is 2.35 bits per heavy atom. The highest BCUT2D eigenvalue weighted by molar-refractivity contribution is 7.80. The van der Waals surface area contributed by atoms with Gasteiger partial charge in [-0.05, 0) is 37.2 Å². The molecule has 1 aromatic heterocycles. The number of rotatable bonds is 2. The summed E-state index contributed by atoms with van der Waals surface area (Å²) in [6.07, 6.45) is 3.08. The summed E-state index contributed by atoms with van der Waals surface area (Å²) >= 11 is 5.20. The molecular formula is C11H13N5S. The van der Waals surface area contributed by atoms with Crippen molar-refractivity contribution in [2.45, 2.75) is 13.8 Å². The highest BCUT2D eigenvalue weighted by Gasteiger charge is 2.04. The molecule has 88 valence electrons. The first-order valence-corrected chi connectivity index (χ1v) is 5.56. The van der Waals surface area contributed by atoms with Crippen molar-refractivity contribution in [2.24, 2.45) is 0 Å². The van der Waals surface area contributed by atoms with Crippen molar-refractivity contribution < 1.29 is 0 Å². The van der Waals surface area contributed by atoms with Crippen molar-refractivity contribution in [1.29, 1.82) is 0 Å². The number of anilines is 1. The lowest BCUT2D eigenvalue weighted by atomic mass is 10.1. The molecule has 0 bridgehead atoms. The van der Waals surface area contributed by atoms with Gasteiger partial charge in [0.1, 0.15) is 12.7 Å². The Hall–Kier alpha value is -1.95. The third-order valence-electron chi connectivity index (χ3n) is 2.37. The van der Waals surface area contributed by atoms with Gasteiger partial charge in [0.25, 0.3) is 0 Å². The smallest absolute Gasteiger partial charge is 0.190 e. The van der Waals surface area contributed by atoms with Crippen molar-refractivity contribution in [1.82, 2.24) is 14.9 Å².